The van der Waals surface area contributed by atoms with Gasteiger partial charge in [0, 0.05) is 0 Å². The van der Waals surface area contributed by atoms with Gasteiger partial charge in [-0.3, -0.25) is 4.79 Å². The summed E-state index contributed by atoms with van der Waals surface area (Å²) in [7, 11) is 0. The van der Waals surface area contributed by atoms with Crippen molar-refractivity contribution in [2.45, 2.75) is 33.3 Å². The van der Waals surface area contributed by atoms with Gasteiger partial charge in [0.05, 0.1) is 13.2 Å². The average Bonchev–Trinajstić information content (AvgIpc) is 2.50. The van der Waals surface area contributed by atoms with Crippen LogP contribution in [0.2, 0.25) is 0 Å². The molecule has 0 atom stereocenters. The van der Waals surface area contributed by atoms with Gasteiger partial charge in [-0.2, -0.15) is 0 Å². The molecule has 0 saturated heterocycles. The third-order valence-electron chi connectivity index (χ3n) is 3.07. The Morgan fingerprint density at radius 3 is 2.57 bits per heavy atom. The number of carbonyl (C=O) groups excluding carboxylic acids is 1. The maximum absolute atomic E-state index is 10.1. The van der Waals surface area contributed by atoms with Gasteiger partial charge in [0.1, 0.15) is 6.61 Å². The molecule has 0 heterocycles. The summed E-state index contributed by atoms with van der Waals surface area (Å²) >= 11 is 0. The van der Waals surface area contributed by atoms with Gasteiger partial charge in [-0.15, -0.1) is 0 Å². The van der Waals surface area contributed by atoms with Crippen molar-refractivity contribution in [3.05, 3.63) is 59.2 Å². The van der Waals surface area contributed by atoms with Gasteiger partial charge in [0.15, 0.2) is 0 Å². The molecule has 0 spiro atoms. The smallest absolute Gasteiger partial charge is 0.293 e. The van der Waals surface area contributed by atoms with Crippen LogP contribution in [-0.4, -0.2) is 19.7 Å². The maximum Gasteiger partial charge on any atom is 0.293 e. The molecule has 0 amide bonds. The summed E-state index contributed by atoms with van der Waals surface area (Å²) in [6.45, 7) is 6.21. The monoisotopic (exact) mass is 288 g/mol. The van der Waals surface area contributed by atoms with Crippen LogP contribution in [0.5, 0.6) is 0 Å². The Morgan fingerprint density at radius 2 is 1.86 bits per heavy atom. The molecule has 21 heavy (non-hydrogen) atoms. The summed E-state index contributed by atoms with van der Waals surface area (Å²) < 4.78 is 10.3. The first-order chi connectivity index (χ1) is 10.2. The van der Waals surface area contributed by atoms with E-state index in [1.54, 1.807) is 0 Å². The molecule has 114 valence electrons. The Morgan fingerprint density at radius 1 is 1.10 bits per heavy atom. The van der Waals surface area contributed by atoms with Crippen LogP contribution >= 0.6 is 0 Å². The van der Waals surface area contributed by atoms with Crippen molar-refractivity contribution in [3.8, 4) is 0 Å². The van der Waals surface area contributed by atoms with Crippen molar-refractivity contribution in [1.29, 1.82) is 0 Å². The number of benzene rings is 1. The van der Waals surface area contributed by atoms with E-state index in [0.717, 1.165) is 18.4 Å². The summed E-state index contributed by atoms with van der Waals surface area (Å²) in [6.07, 6.45) is 6.17. The Labute approximate surface area is 127 Å². The van der Waals surface area contributed by atoms with Crippen LogP contribution in [0.15, 0.2) is 53.6 Å². The van der Waals surface area contributed by atoms with E-state index in [1.807, 2.05) is 25.1 Å². The lowest BCUT2D eigenvalue weighted by atomic mass is 10.1. The molecule has 0 aliphatic heterocycles. The highest BCUT2D eigenvalue weighted by molar-refractivity contribution is 5.37. The number of carbonyl (C=O) groups is 1. The first kappa shape index (κ1) is 17.2. The molecule has 0 unspecified atom stereocenters. The van der Waals surface area contributed by atoms with E-state index in [2.05, 4.69) is 31.2 Å². The SMILES string of the molecule is CC(=CCOCc1ccccc1)CCC=C(C)COC=O. The van der Waals surface area contributed by atoms with Crippen LogP contribution in [0.1, 0.15) is 32.3 Å². The fourth-order valence-electron chi connectivity index (χ4n) is 1.82. The topological polar surface area (TPSA) is 35.5 Å². The molecule has 0 bridgehead atoms. The van der Waals surface area contributed by atoms with Crippen LogP contribution in [0.3, 0.4) is 0 Å². The normalized spacial score (nSPS) is 12.3. The molecule has 1 rings (SSSR count). The van der Waals surface area contributed by atoms with Crippen LogP contribution in [-0.2, 0) is 20.9 Å². The summed E-state index contributed by atoms with van der Waals surface area (Å²) in [5.41, 5.74) is 3.58. The number of rotatable bonds is 10. The van der Waals surface area contributed by atoms with Gasteiger partial charge < -0.3 is 9.47 Å². The van der Waals surface area contributed by atoms with Crippen molar-refractivity contribution in [2.24, 2.45) is 0 Å². The van der Waals surface area contributed by atoms with E-state index in [0.29, 0.717) is 26.3 Å². The van der Waals surface area contributed by atoms with E-state index in [-0.39, 0.29) is 0 Å². The molecule has 0 radical (unpaired) electrons. The summed E-state index contributed by atoms with van der Waals surface area (Å²) in [5, 5.41) is 0. The minimum absolute atomic E-state index is 0.381. The lowest BCUT2D eigenvalue weighted by Gasteiger charge is -2.03. The largest absolute Gasteiger partial charge is 0.463 e. The van der Waals surface area contributed by atoms with Crippen molar-refractivity contribution < 1.29 is 14.3 Å². The highest BCUT2D eigenvalue weighted by Gasteiger charge is 1.93. The van der Waals surface area contributed by atoms with Crippen LogP contribution in [0.4, 0.5) is 0 Å². The Kier molecular flexibility index (Phi) is 8.89. The highest BCUT2D eigenvalue weighted by Crippen LogP contribution is 2.07. The molecule has 0 N–H and O–H groups in total. The molecule has 0 fully saturated rings. The number of hydrogen-bond acceptors (Lipinski definition) is 3. The van der Waals surface area contributed by atoms with Gasteiger partial charge in [0.2, 0.25) is 0 Å². The van der Waals surface area contributed by atoms with Crippen molar-refractivity contribution in [2.75, 3.05) is 13.2 Å². The van der Waals surface area contributed by atoms with Crippen LogP contribution in [0.25, 0.3) is 0 Å². The number of allylic oxidation sites excluding steroid dienone is 2. The van der Waals surface area contributed by atoms with Gasteiger partial charge in [-0.05, 0) is 37.8 Å². The highest BCUT2D eigenvalue weighted by atomic mass is 16.5. The Balaban J connectivity index is 2.17. The molecule has 0 aliphatic rings. The average molecular weight is 288 g/mol. The zero-order chi connectivity index (χ0) is 15.3. The molecule has 3 heteroatoms. The van der Waals surface area contributed by atoms with Crippen molar-refractivity contribution in [1.82, 2.24) is 0 Å². The predicted octanol–water partition coefficient (Wildman–Crippen LogP) is 4.05. The first-order valence-electron chi connectivity index (χ1n) is 7.20. The zero-order valence-electron chi connectivity index (χ0n) is 12.9. The molecule has 3 nitrogen and oxygen atoms in total. The van der Waals surface area contributed by atoms with Crippen molar-refractivity contribution in [3.63, 3.8) is 0 Å². The molecule has 0 saturated carbocycles. The molecule has 1 aromatic rings. The predicted molar refractivity (Wildman–Crippen MR) is 84.9 cm³/mol. The lowest BCUT2D eigenvalue weighted by molar-refractivity contribution is -0.127. The number of hydrogen-bond donors (Lipinski definition) is 0. The Bertz CT molecular complexity index is 461. The van der Waals surface area contributed by atoms with Gasteiger partial charge in [-0.1, -0.05) is 48.1 Å². The third-order valence-corrected chi connectivity index (χ3v) is 3.07. The number of ether oxygens (including phenoxy) is 2. The van der Waals surface area contributed by atoms with E-state index in [9.17, 15) is 4.79 Å². The first-order valence-corrected chi connectivity index (χ1v) is 7.20. The molecule has 0 aromatic heterocycles. The second-order valence-electron chi connectivity index (χ2n) is 5.05. The van der Waals surface area contributed by atoms with Crippen LogP contribution in [0, 0.1) is 0 Å². The van der Waals surface area contributed by atoms with E-state index in [4.69, 9.17) is 9.47 Å². The third kappa shape index (κ3) is 8.82. The lowest BCUT2D eigenvalue weighted by Crippen LogP contribution is -1.94. The zero-order valence-corrected chi connectivity index (χ0v) is 12.9. The van der Waals surface area contributed by atoms with E-state index >= 15 is 0 Å². The standard InChI is InChI=1S/C18H24O3/c1-16(7-6-8-17(2)13-21-15-19)11-12-20-14-18-9-4-3-5-10-18/h3-5,8-11,15H,6-7,12-14H2,1-2H3. The second kappa shape index (κ2) is 10.9. The maximum atomic E-state index is 10.1. The van der Waals surface area contributed by atoms with Gasteiger partial charge in [-0.25, -0.2) is 0 Å². The molecule has 0 aliphatic carbocycles. The fraction of sp³-hybridized carbons (Fsp3) is 0.389. The Hall–Kier alpha value is -1.87. The van der Waals surface area contributed by atoms with E-state index < -0.39 is 0 Å². The molecule has 1 aromatic carbocycles. The summed E-state index contributed by atoms with van der Waals surface area (Å²) in [6, 6.07) is 10.2. The minimum Gasteiger partial charge on any atom is -0.463 e. The minimum atomic E-state index is 0.381. The van der Waals surface area contributed by atoms with Crippen LogP contribution < -0.4 is 0 Å². The second-order valence-corrected chi connectivity index (χ2v) is 5.05. The fourth-order valence-corrected chi connectivity index (χ4v) is 1.82. The van der Waals surface area contributed by atoms with Gasteiger partial charge >= 0.3 is 0 Å². The molecular formula is C18H24O3. The van der Waals surface area contributed by atoms with Gasteiger partial charge in [0.25, 0.3) is 6.47 Å². The summed E-state index contributed by atoms with van der Waals surface area (Å²) in [5.74, 6) is 0. The quantitative estimate of drug-likeness (QED) is 0.370. The van der Waals surface area contributed by atoms with Crippen molar-refractivity contribution >= 4 is 6.47 Å². The molecular weight excluding hydrogens is 264 g/mol. The summed E-state index contributed by atoms with van der Waals surface area (Å²) in [4.78, 5) is 10.1. The van der Waals surface area contributed by atoms with E-state index in [1.165, 1.54) is 11.1 Å².